The van der Waals surface area contributed by atoms with E-state index in [9.17, 15) is 4.79 Å². The fourth-order valence-corrected chi connectivity index (χ4v) is 2.04. The molecule has 24 heavy (non-hydrogen) atoms. The number of hydrazone groups is 1. The Morgan fingerprint density at radius 2 is 1.88 bits per heavy atom. The summed E-state index contributed by atoms with van der Waals surface area (Å²) in [6.07, 6.45) is 1.68. The summed E-state index contributed by atoms with van der Waals surface area (Å²) in [6.45, 7) is 0.646. The number of ether oxygens (including phenoxy) is 1. The van der Waals surface area contributed by atoms with Gasteiger partial charge < -0.3 is 10.1 Å². The van der Waals surface area contributed by atoms with E-state index < -0.39 is 0 Å². The molecule has 2 aromatic rings. The number of esters is 1. The average Bonchev–Trinajstić information content (AvgIpc) is 2.64. The van der Waals surface area contributed by atoms with Crippen LogP contribution in [0.1, 0.15) is 21.5 Å². The summed E-state index contributed by atoms with van der Waals surface area (Å²) in [5.41, 5.74) is 2.51. The lowest BCUT2D eigenvalue weighted by Gasteiger charge is -2.15. The lowest BCUT2D eigenvalue weighted by atomic mass is 10.1. The molecule has 6 heteroatoms. The van der Waals surface area contributed by atoms with Gasteiger partial charge in [-0.05, 0) is 35.5 Å². The van der Waals surface area contributed by atoms with Gasteiger partial charge >= 0.3 is 5.97 Å². The van der Waals surface area contributed by atoms with E-state index in [0.717, 1.165) is 11.1 Å². The van der Waals surface area contributed by atoms with Gasteiger partial charge in [-0.15, -0.1) is 0 Å². The summed E-state index contributed by atoms with van der Waals surface area (Å²) < 4.78 is 4.66. The Hall–Kier alpha value is -2.73. The molecule has 0 saturated heterocycles. The van der Waals surface area contributed by atoms with Crippen molar-refractivity contribution < 1.29 is 9.53 Å². The molecule has 0 aliphatic rings. The second-order valence-electron chi connectivity index (χ2n) is 5.03. The third-order valence-corrected chi connectivity index (χ3v) is 3.70. The van der Waals surface area contributed by atoms with Crippen molar-refractivity contribution in [3.63, 3.8) is 0 Å². The summed E-state index contributed by atoms with van der Waals surface area (Å²) in [4.78, 5) is 11.4. The maximum Gasteiger partial charge on any atom is 0.337 e. The number of benzene rings is 2. The van der Waals surface area contributed by atoms with Crippen LogP contribution in [0.4, 0.5) is 0 Å². The van der Waals surface area contributed by atoms with Crippen LogP contribution < -0.4 is 5.32 Å². The fourth-order valence-electron chi connectivity index (χ4n) is 1.92. The fraction of sp³-hybridized carbons (Fsp3) is 0.167. The number of carbonyl (C=O) groups excluding carboxylic acids is 1. The van der Waals surface area contributed by atoms with Crippen molar-refractivity contribution in [2.45, 2.75) is 6.54 Å². The Morgan fingerprint density at radius 3 is 2.50 bits per heavy atom. The zero-order valence-electron chi connectivity index (χ0n) is 13.6. The second kappa shape index (κ2) is 8.79. The van der Waals surface area contributed by atoms with Crippen LogP contribution in [0.3, 0.4) is 0 Å². The van der Waals surface area contributed by atoms with E-state index in [4.69, 9.17) is 12.2 Å². The largest absolute Gasteiger partial charge is 0.465 e. The normalized spacial score (nSPS) is 10.4. The molecule has 0 amide bonds. The van der Waals surface area contributed by atoms with E-state index in [1.807, 2.05) is 30.3 Å². The molecule has 0 radical (unpaired) electrons. The number of nitrogens with one attached hydrogen (secondary N) is 1. The van der Waals surface area contributed by atoms with Crippen molar-refractivity contribution in [1.29, 1.82) is 0 Å². The van der Waals surface area contributed by atoms with Crippen LogP contribution in [-0.2, 0) is 11.3 Å². The van der Waals surface area contributed by atoms with Gasteiger partial charge in [-0.25, -0.2) is 9.80 Å². The minimum Gasteiger partial charge on any atom is -0.465 e. The Labute approximate surface area is 146 Å². The molecule has 0 heterocycles. The number of hydrogen-bond acceptors (Lipinski definition) is 4. The monoisotopic (exact) mass is 341 g/mol. The third kappa shape index (κ3) is 5.17. The molecular formula is C18H19N3O2S. The van der Waals surface area contributed by atoms with Crippen LogP contribution in [-0.4, -0.2) is 36.5 Å². The molecule has 2 rings (SSSR count). The first-order valence-corrected chi connectivity index (χ1v) is 7.79. The molecule has 2 aromatic carbocycles. The summed E-state index contributed by atoms with van der Waals surface area (Å²) in [7, 11) is 3.13. The van der Waals surface area contributed by atoms with E-state index >= 15 is 0 Å². The number of thiocarbonyl (C=S) groups is 1. The maximum atomic E-state index is 11.4. The van der Waals surface area contributed by atoms with Gasteiger partial charge in [0.05, 0.1) is 18.9 Å². The van der Waals surface area contributed by atoms with Gasteiger partial charge in [-0.2, -0.15) is 5.10 Å². The minimum absolute atomic E-state index is 0.359. The van der Waals surface area contributed by atoms with Gasteiger partial charge in [-0.1, -0.05) is 42.5 Å². The Kier molecular flexibility index (Phi) is 6.45. The van der Waals surface area contributed by atoms with Crippen molar-refractivity contribution in [1.82, 2.24) is 10.3 Å². The lowest BCUT2D eigenvalue weighted by molar-refractivity contribution is 0.0600. The number of rotatable bonds is 5. The topological polar surface area (TPSA) is 53.9 Å². The van der Waals surface area contributed by atoms with Crippen LogP contribution in [0.25, 0.3) is 0 Å². The molecule has 0 unspecified atom stereocenters. The number of methoxy groups -OCH3 is 1. The van der Waals surface area contributed by atoms with E-state index in [1.54, 1.807) is 42.5 Å². The van der Waals surface area contributed by atoms with Crippen molar-refractivity contribution in [2.75, 3.05) is 14.2 Å². The summed E-state index contributed by atoms with van der Waals surface area (Å²) in [5, 5.41) is 9.56. The predicted octanol–water partition coefficient (Wildman–Crippen LogP) is 2.81. The molecule has 1 N–H and O–H groups in total. The molecule has 5 nitrogen and oxygen atoms in total. The van der Waals surface area contributed by atoms with Crippen LogP contribution in [0.15, 0.2) is 59.7 Å². The van der Waals surface area contributed by atoms with Gasteiger partial charge in [0.15, 0.2) is 5.11 Å². The van der Waals surface area contributed by atoms with Crippen LogP contribution in [0.5, 0.6) is 0 Å². The van der Waals surface area contributed by atoms with Gasteiger partial charge in [-0.3, -0.25) is 0 Å². The number of carbonyl (C=O) groups is 1. The predicted molar refractivity (Wildman–Crippen MR) is 99.0 cm³/mol. The number of nitrogens with zero attached hydrogens (tertiary/aromatic N) is 2. The van der Waals surface area contributed by atoms with Crippen LogP contribution in [0.2, 0.25) is 0 Å². The summed E-state index contributed by atoms with van der Waals surface area (Å²) in [5.74, 6) is -0.359. The van der Waals surface area contributed by atoms with E-state index in [0.29, 0.717) is 17.2 Å². The highest BCUT2D eigenvalue weighted by atomic mass is 32.1. The quantitative estimate of drug-likeness (QED) is 0.392. The SMILES string of the molecule is COC(=O)c1ccc(/C=N\N(C)C(=S)NCc2ccccc2)cc1. The smallest absolute Gasteiger partial charge is 0.337 e. The molecular weight excluding hydrogens is 322 g/mol. The summed E-state index contributed by atoms with van der Waals surface area (Å²) in [6, 6.07) is 17.0. The van der Waals surface area contributed by atoms with Crippen molar-refractivity contribution in [3.8, 4) is 0 Å². The molecule has 0 bridgehead atoms. The van der Waals surface area contributed by atoms with Gasteiger partial charge in [0.1, 0.15) is 0 Å². The Morgan fingerprint density at radius 1 is 1.21 bits per heavy atom. The molecule has 0 aliphatic carbocycles. The molecule has 0 saturated carbocycles. The summed E-state index contributed by atoms with van der Waals surface area (Å²) >= 11 is 5.30. The van der Waals surface area contributed by atoms with Gasteiger partial charge in [0.25, 0.3) is 0 Å². The van der Waals surface area contributed by atoms with Crippen molar-refractivity contribution in [2.24, 2.45) is 5.10 Å². The molecule has 124 valence electrons. The molecule has 0 aromatic heterocycles. The zero-order valence-corrected chi connectivity index (χ0v) is 14.4. The first kappa shape index (κ1) is 17.6. The van der Waals surface area contributed by atoms with E-state index in [1.165, 1.54) is 7.11 Å². The van der Waals surface area contributed by atoms with E-state index in [-0.39, 0.29) is 5.97 Å². The second-order valence-corrected chi connectivity index (χ2v) is 5.41. The lowest BCUT2D eigenvalue weighted by Crippen LogP contribution is -2.33. The highest BCUT2D eigenvalue weighted by molar-refractivity contribution is 7.80. The Balaban J connectivity index is 1.88. The zero-order chi connectivity index (χ0) is 17.4. The third-order valence-electron chi connectivity index (χ3n) is 3.29. The molecule has 0 atom stereocenters. The first-order valence-electron chi connectivity index (χ1n) is 7.38. The van der Waals surface area contributed by atoms with Gasteiger partial charge in [0, 0.05) is 13.6 Å². The number of hydrogen-bond donors (Lipinski definition) is 1. The first-order chi connectivity index (χ1) is 11.6. The highest BCUT2D eigenvalue weighted by Crippen LogP contribution is 2.04. The molecule has 0 spiro atoms. The standard InChI is InChI=1S/C18H19N3O2S/c1-21(18(24)19-12-14-6-4-3-5-7-14)20-13-15-8-10-16(11-9-15)17(22)23-2/h3-11,13H,12H2,1-2H3,(H,19,24)/b20-13-. The highest BCUT2D eigenvalue weighted by Gasteiger charge is 2.04. The minimum atomic E-state index is -0.359. The molecule has 0 fully saturated rings. The van der Waals surface area contributed by atoms with E-state index in [2.05, 4.69) is 15.2 Å². The van der Waals surface area contributed by atoms with Crippen LogP contribution >= 0.6 is 12.2 Å². The van der Waals surface area contributed by atoms with Crippen molar-refractivity contribution >= 4 is 29.5 Å². The molecule has 0 aliphatic heterocycles. The average molecular weight is 341 g/mol. The Bertz CT molecular complexity index is 715. The maximum absolute atomic E-state index is 11.4. The van der Waals surface area contributed by atoms with Crippen LogP contribution in [0, 0.1) is 0 Å². The van der Waals surface area contributed by atoms with Crippen molar-refractivity contribution in [3.05, 3.63) is 71.3 Å². The van der Waals surface area contributed by atoms with Gasteiger partial charge in [0.2, 0.25) is 0 Å².